The first-order chi connectivity index (χ1) is 14.2. The van der Waals surface area contributed by atoms with Crippen molar-refractivity contribution in [3.63, 3.8) is 0 Å². The van der Waals surface area contributed by atoms with Crippen molar-refractivity contribution in [1.29, 1.82) is 0 Å². The van der Waals surface area contributed by atoms with Crippen LogP contribution in [0.25, 0.3) is 6.08 Å². The van der Waals surface area contributed by atoms with Gasteiger partial charge in [0.25, 0.3) is 0 Å². The summed E-state index contributed by atoms with van der Waals surface area (Å²) in [6.45, 7) is 3.88. The predicted octanol–water partition coefficient (Wildman–Crippen LogP) is 4.66. The van der Waals surface area contributed by atoms with E-state index < -0.39 is 0 Å². The normalized spacial score (nSPS) is 10.8. The highest BCUT2D eigenvalue weighted by atomic mass is 32.1. The number of thiazole rings is 1. The Hall–Kier alpha value is -3.12. The second-order valence-corrected chi connectivity index (χ2v) is 7.55. The molecular formula is C23H25N3O2S. The number of hydrogen-bond acceptors (Lipinski definition) is 5. The maximum Gasteiger partial charge on any atom is 0.244 e. The zero-order chi connectivity index (χ0) is 20.3. The predicted molar refractivity (Wildman–Crippen MR) is 119 cm³/mol. The lowest BCUT2D eigenvalue weighted by Gasteiger charge is -2.06. The highest BCUT2D eigenvalue weighted by Crippen LogP contribution is 2.16. The Balaban J connectivity index is 1.33. The van der Waals surface area contributed by atoms with Gasteiger partial charge in [-0.15, -0.1) is 11.3 Å². The molecule has 0 aliphatic heterocycles. The maximum atomic E-state index is 11.9. The molecular weight excluding hydrogens is 382 g/mol. The highest BCUT2D eigenvalue weighted by Gasteiger charge is 2.00. The number of para-hydroxylation sites is 1. The van der Waals surface area contributed by atoms with Gasteiger partial charge in [-0.1, -0.05) is 30.3 Å². The summed E-state index contributed by atoms with van der Waals surface area (Å²) in [4.78, 5) is 16.3. The highest BCUT2D eigenvalue weighted by molar-refractivity contribution is 7.09. The lowest BCUT2D eigenvalue weighted by Crippen LogP contribution is -2.23. The van der Waals surface area contributed by atoms with Gasteiger partial charge in [0.05, 0.1) is 10.7 Å². The number of rotatable bonds is 10. The molecule has 0 spiro atoms. The molecule has 0 saturated carbocycles. The van der Waals surface area contributed by atoms with E-state index in [1.165, 1.54) is 0 Å². The maximum absolute atomic E-state index is 11.9. The SMILES string of the molecule is Cc1nc(COc2ccc(C=CC(=O)NCCCNc3ccccc3)cc2)cs1. The number of aryl methyl sites for hydroxylation is 1. The smallest absolute Gasteiger partial charge is 0.244 e. The third-order valence-corrected chi connectivity index (χ3v) is 4.94. The molecule has 0 bridgehead atoms. The van der Waals surface area contributed by atoms with Crippen LogP contribution < -0.4 is 15.4 Å². The number of hydrogen-bond donors (Lipinski definition) is 2. The van der Waals surface area contributed by atoms with E-state index in [0.717, 1.165) is 40.7 Å². The summed E-state index contributed by atoms with van der Waals surface area (Å²) >= 11 is 1.62. The largest absolute Gasteiger partial charge is 0.487 e. The lowest BCUT2D eigenvalue weighted by atomic mass is 10.2. The van der Waals surface area contributed by atoms with Crippen molar-refractivity contribution in [3.8, 4) is 5.75 Å². The zero-order valence-corrected chi connectivity index (χ0v) is 17.2. The van der Waals surface area contributed by atoms with Gasteiger partial charge in [0.15, 0.2) is 0 Å². The number of amides is 1. The summed E-state index contributed by atoms with van der Waals surface area (Å²) in [5.41, 5.74) is 2.97. The summed E-state index contributed by atoms with van der Waals surface area (Å²) in [5, 5.41) is 9.25. The topological polar surface area (TPSA) is 63.2 Å². The number of carbonyl (C=O) groups is 1. The van der Waals surface area contributed by atoms with Gasteiger partial charge in [0.2, 0.25) is 5.91 Å². The molecule has 1 aromatic heterocycles. The Morgan fingerprint density at radius 1 is 1.10 bits per heavy atom. The Labute approximate surface area is 175 Å². The minimum Gasteiger partial charge on any atom is -0.487 e. The van der Waals surface area contributed by atoms with Gasteiger partial charge in [-0.05, 0) is 49.2 Å². The lowest BCUT2D eigenvalue weighted by molar-refractivity contribution is -0.116. The number of aromatic nitrogens is 1. The molecule has 0 aliphatic rings. The third-order valence-electron chi connectivity index (χ3n) is 4.12. The van der Waals surface area contributed by atoms with E-state index in [2.05, 4.69) is 15.6 Å². The fourth-order valence-electron chi connectivity index (χ4n) is 2.63. The minimum atomic E-state index is -0.0936. The van der Waals surface area contributed by atoms with Crippen molar-refractivity contribution in [2.75, 3.05) is 18.4 Å². The number of ether oxygens (including phenoxy) is 1. The van der Waals surface area contributed by atoms with Gasteiger partial charge in [0, 0.05) is 30.2 Å². The molecule has 3 rings (SSSR count). The van der Waals surface area contributed by atoms with Gasteiger partial charge in [-0.2, -0.15) is 0 Å². The van der Waals surface area contributed by atoms with E-state index in [1.54, 1.807) is 23.5 Å². The van der Waals surface area contributed by atoms with Crippen molar-refractivity contribution >= 4 is 29.0 Å². The van der Waals surface area contributed by atoms with Gasteiger partial charge in [0.1, 0.15) is 12.4 Å². The van der Waals surface area contributed by atoms with Crippen LogP contribution in [0.4, 0.5) is 5.69 Å². The average molecular weight is 408 g/mol. The molecule has 0 saturated heterocycles. The van der Waals surface area contributed by atoms with Gasteiger partial charge < -0.3 is 15.4 Å². The zero-order valence-electron chi connectivity index (χ0n) is 16.4. The molecule has 1 amide bonds. The molecule has 2 N–H and O–H groups in total. The van der Waals surface area contributed by atoms with Crippen molar-refractivity contribution in [1.82, 2.24) is 10.3 Å². The fraction of sp³-hybridized carbons (Fsp3) is 0.217. The van der Waals surface area contributed by atoms with Gasteiger partial charge in [-0.25, -0.2) is 4.98 Å². The molecule has 29 heavy (non-hydrogen) atoms. The van der Waals surface area contributed by atoms with Crippen LogP contribution in [-0.2, 0) is 11.4 Å². The van der Waals surface area contributed by atoms with Crippen LogP contribution in [0.3, 0.4) is 0 Å². The summed E-state index contributed by atoms with van der Waals surface area (Å²) in [6.07, 6.45) is 4.21. The molecule has 6 heteroatoms. The first kappa shape index (κ1) is 20.6. The quantitative estimate of drug-likeness (QED) is 0.379. The summed E-state index contributed by atoms with van der Waals surface area (Å²) < 4.78 is 5.73. The summed E-state index contributed by atoms with van der Waals surface area (Å²) in [5.74, 6) is 0.687. The molecule has 0 aliphatic carbocycles. The molecule has 0 unspecified atom stereocenters. The monoisotopic (exact) mass is 407 g/mol. The van der Waals surface area contributed by atoms with Gasteiger partial charge in [-0.3, -0.25) is 4.79 Å². The Morgan fingerprint density at radius 3 is 2.62 bits per heavy atom. The van der Waals surface area contributed by atoms with Crippen molar-refractivity contribution in [3.05, 3.63) is 82.3 Å². The Morgan fingerprint density at radius 2 is 1.90 bits per heavy atom. The number of anilines is 1. The Kier molecular flexibility index (Phi) is 7.83. The molecule has 150 valence electrons. The number of nitrogens with one attached hydrogen (secondary N) is 2. The van der Waals surface area contributed by atoms with Crippen LogP contribution in [0.1, 0.15) is 22.7 Å². The van der Waals surface area contributed by atoms with Gasteiger partial charge >= 0.3 is 0 Å². The summed E-state index contributed by atoms with van der Waals surface area (Å²) in [6, 6.07) is 17.7. The molecule has 0 atom stereocenters. The molecule has 5 nitrogen and oxygen atoms in total. The fourth-order valence-corrected chi connectivity index (χ4v) is 3.22. The van der Waals surface area contributed by atoms with Crippen LogP contribution in [-0.4, -0.2) is 24.0 Å². The molecule has 3 aromatic rings. The average Bonchev–Trinajstić information content (AvgIpc) is 3.17. The number of nitrogens with zero attached hydrogens (tertiary/aromatic N) is 1. The van der Waals surface area contributed by atoms with E-state index in [4.69, 9.17) is 4.74 Å². The number of carbonyl (C=O) groups excluding carboxylic acids is 1. The van der Waals surface area contributed by atoms with E-state index in [0.29, 0.717) is 13.2 Å². The second-order valence-electron chi connectivity index (χ2n) is 6.49. The molecule has 0 radical (unpaired) electrons. The first-order valence-corrected chi connectivity index (χ1v) is 10.5. The molecule has 0 fully saturated rings. The third kappa shape index (κ3) is 7.43. The Bertz CT molecular complexity index is 921. The molecule has 2 aromatic carbocycles. The minimum absolute atomic E-state index is 0.0936. The van der Waals surface area contributed by atoms with Crippen LogP contribution in [0, 0.1) is 6.92 Å². The van der Waals surface area contributed by atoms with E-state index in [1.807, 2.05) is 66.9 Å². The standard InChI is InChI=1S/C23H25N3O2S/c1-18-26-21(17-29-18)16-28-22-11-8-19(9-12-22)10-13-23(27)25-15-5-14-24-20-6-3-2-4-7-20/h2-4,6-13,17,24H,5,14-16H2,1H3,(H,25,27). The van der Waals surface area contributed by atoms with Crippen molar-refractivity contribution in [2.45, 2.75) is 20.0 Å². The van der Waals surface area contributed by atoms with E-state index in [9.17, 15) is 4.79 Å². The first-order valence-electron chi connectivity index (χ1n) is 9.58. The van der Waals surface area contributed by atoms with Crippen LogP contribution >= 0.6 is 11.3 Å². The molecule has 1 heterocycles. The van der Waals surface area contributed by atoms with E-state index in [-0.39, 0.29) is 5.91 Å². The van der Waals surface area contributed by atoms with E-state index >= 15 is 0 Å². The van der Waals surface area contributed by atoms with Crippen molar-refractivity contribution in [2.24, 2.45) is 0 Å². The van der Waals surface area contributed by atoms with Crippen LogP contribution in [0.2, 0.25) is 0 Å². The number of benzene rings is 2. The van der Waals surface area contributed by atoms with Crippen molar-refractivity contribution < 1.29 is 9.53 Å². The summed E-state index contributed by atoms with van der Waals surface area (Å²) in [7, 11) is 0. The van der Waals surface area contributed by atoms with Crippen LogP contribution in [0.5, 0.6) is 5.75 Å². The van der Waals surface area contributed by atoms with Crippen LogP contribution in [0.15, 0.2) is 66.1 Å². The second kappa shape index (κ2) is 11.0.